The van der Waals surface area contributed by atoms with E-state index in [1.165, 1.54) is 0 Å². The highest BCUT2D eigenvalue weighted by Crippen LogP contribution is 2.30. The molecule has 2 rings (SSSR count). The van der Waals surface area contributed by atoms with Gasteiger partial charge in [-0.05, 0) is 30.5 Å². The third kappa shape index (κ3) is 3.22. The number of carboxylic acid groups (broad SMARTS) is 1. The van der Waals surface area contributed by atoms with Crippen LogP contribution < -0.4 is 4.74 Å². The van der Waals surface area contributed by atoms with Gasteiger partial charge >= 0.3 is 5.97 Å². The van der Waals surface area contributed by atoms with Gasteiger partial charge < -0.3 is 14.9 Å². The summed E-state index contributed by atoms with van der Waals surface area (Å²) in [6.07, 6.45) is 0. The van der Waals surface area contributed by atoms with Gasteiger partial charge in [-0.1, -0.05) is 13.0 Å². The lowest BCUT2D eigenvalue weighted by Gasteiger charge is -2.41. The summed E-state index contributed by atoms with van der Waals surface area (Å²) in [7, 11) is 0. The van der Waals surface area contributed by atoms with Crippen LogP contribution in [0.25, 0.3) is 0 Å². The van der Waals surface area contributed by atoms with E-state index in [4.69, 9.17) is 9.84 Å². The first-order chi connectivity index (χ1) is 9.51. The van der Waals surface area contributed by atoms with Gasteiger partial charge in [-0.3, -0.25) is 9.69 Å². The molecule has 0 spiro atoms. The van der Waals surface area contributed by atoms with Crippen LogP contribution in [0, 0.1) is 11.8 Å². The monoisotopic (exact) mass is 279 g/mol. The number of ether oxygens (including phenoxy) is 1. The average molecular weight is 279 g/mol. The molecule has 1 aliphatic heterocycles. The average Bonchev–Trinajstić information content (AvgIpc) is 2.36. The van der Waals surface area contributed by atoms with E-state index in [0.29, 0.717) is 12.4 Å². The van der Waals surface area contributed by atoms with E-state index in [1.807, 2.05) is 19.1 Å². The molecule has 0 saturated carbocycles. The maximum Gasteiger partial charge on any atom is 0.306 e. The Morgan fingerprint density at radius 2 is 2.20 bits per heavy atom. The minimum absolute atomic E-state index is 0.150. The van der Waals surface area contributed by atoms with Crippen molar-refractivity contribution in [2.24, 2.45) is 11.8 Å². The van der Waals surface area contributed by atoms with E-state index in [2.05, 4.69) is 4.90 Å². The van der Waals surface area contributed by atoms with Gasteiger partial charge in [0.05, 0.1) is 12.5 Å². The van der Waals surface area contributed by atoms with Gasteiger partial charge in [0.1, 0.15) is 0 Å². The van der Waals surface area contributed by atoms with E-state index in [0.717, 1.165) is 25.2 Å². The molecule has 1 atom stereocenters. The van der Waals surface area contributed by atoms with E-state index in [1.54, 1.807) is 13.0 Å². The van der Waals surface area contributed by atoms with E-state index < -0.39 is 5.97 Å². The van der Waals surface area contributed by atoms with Crippen molar-refractivity contribution < 1.29 is 19.7 Å². The topological polar surface area (TPSA) is 70.0 Å². The fourth-order valence-electron chi connectivity index (χ4n) is 2.44. The van der Waals surface area contributed by atoms with Gasteiger partial charge in [0.25, 0.3) is 0 Å². The number of aromatic hydroxyl groups is 1. The predicted molar refractivity (Wildman–Crippen MR) is 74.8 cm³/mol. The molecule has 110 valence electrons. The zero-order valence-corrected chi connectivity index (χ0v) is 11.9. The van der Waals surface area contributed by atoms with Crippen molar-refractivity contribution >= 4 is 5.97 Å². The van der Waals surface area contributed by atoms with Crippen molar-refractivity contribution in [1.82, 2.24) is 4.90 Å². The lowest BCUT2D eigenvalue weighted by Crippen LogP contribution is -2.50. The van der Waals surface area contributed by atoms with Crippen molar-refractivity contribution in [3.05, 3.63) is 23.8 Å². The standard InChI is InChI=1S/C15H21NO4/c1-3-20-14-6-11(4-5-13(14)17)7-16-8-12(9-16)10(2)15(18)19/h4-6,10,12,17H,3,7-9H2,1-2H3,(H,18,19). The fourth-order valence-corrected chi connectivity index (χ4v) is 2.44. The zero-order chi connectivity index (χ0) is 14.7. The van der Waals surface area contributed by atoms with Crippen LogP contribution in [0.3, 0.4) is 0 Å². The Hall–Kier alpha value is -1.75. The number of nitrogens with zero attached hydrogens (tertiary/aromatic N) is 1. The summed E-state index contributed by atoms with van der Waals surface area (Å²) in [5.74, 6) is -0.128. The van der Waals surface area contributed by atoms with E-state index >= 15 is 0 Å². The quantitative estimate of drug-likeness (QED) is 0.833. The highest BCUT2D eigenvalue weighted by Gasteiger charge is 2.34. The van der Waals surface area contributed by atoms with Crippen molar-refractivity contribution in [2.45, 2.75) is 20.4 Å². The molecule has 0 amide bonds. The Balaban J connectivity index is 1.90. The fraction of sp³-hybridized carbons (Fsp3) is 0.533. The number of likely N-dealkylation sites (tertiary alicyclic amines) is 1. The number of aliphatic carboxylic acids is 1. The third-order valence-corrected chi connectivity index (χ3v) is 3.81. The van der Waals surface area contributed by atoms with Crippen molar-refractivity contribution in [3.63, 3.8) is 0 Å². The summed E-state index contributed by atoms with van der Waals surface area (Å²) < 4.78 is 5.36. The molecule has 0 radical (unpaired) electrons. The first-order valence-corrected chi connectivity index (χ1v) is 6.91. The van der Waals surface area contributed by atoms with Crippen molar-refractivity contribution in [3.8, 4) is 11.5 Å². The highest BCUT2D eigenvalue weighted by atomic mass is 16.5. The number of hydrogen-bond donors (Lipinski definition) is 2. The van der Waals surface area contributed by atoms with Gasteiger partial charge in [-0.15, -0.1) is 0 Å². The Kier molecular flexibility index (Phi) is 4.49. The first kappa shape index (κ1) is 14.7. The van der Waals surface area contributed by atoms with Crippen LogP contribution in [0.15, 0.2) is 18.2 Å². The second-order valence-electron chi connectivity index (χ2n) is 5.32. The van der Waals surface area contributed by atoms with Gasteiger partial charge in [0, 0.05) is 19.6 Å². The van der Waals surface area contributed by atoms with Crippen molar-refractivity contribution in [2.75, 3.05) is 19.7 Å². The molecule has 1 fully saturated rings. The molecule has 5 heteroatoms. The molecule has 2 N–H and O–H groups in total. The third-order valence-electron chi connectivity index (χ3n) is 3.81. The van der Waals surface area contributed by atoms with Crippen molar-refractivity contribution in [1.29, 1.82) is 0 Å². The van der Waals surface area contributed by atoms with Crippen LogP contribution in [-0.2, 0) is 11.3 Å². The molecular weight excluding hydrogens is 258 g/mol. The maximum atomic E-state index is 10.9. The summed E-state index contributed by atoms with van der Waals surface area (Å²) in [4.78, 5) is 13.1. The predicted octanol–water partition coefficient (Wildman–Crippen LogP) is 1.94. The molecule has 1 saturated heterocycles. The summed E-state index contributed by atoms with van der Waals surface area (Å²) in [6, 6.07) is 5.34. The molecule has 20 heavy (non-hydrogen) atoms. The number of phenolic OH excluding ortho intramolecular Hbond substituents is 1. The van der Waals surface area contributed by atoms with Gasteiger partial charge in [0.2, 0.25) is 0 Å². The lowest BCUT2D eigenvalue weighted by atomic mass is 9.87. The van der Waals surface area contributed by atoms with Crippen LogP contribution in [0.2, 0.25) is 0 Å². The second kappa shape index (κ2) is 6.13. The number of rotatable bonds is 6. The summed E-state index contributed by atoms with van der Waals surface area (Å²) in [5.41, 5.74) is 1.06. The number of phenols is 1. The Morgan fingerprint density at radius 1 is 1.50 bits per heavy atom. The Labute approximate surface area is 118 Å². The molecule has 0 aromatic heterocycles. The smallest absolute Gasteiger partial charge is 0.306 e. The molecular formula is C15H21NO4. The maximum absolute atomic E-state index is 10.9. The van der Waals surface area contributed by atoms with Crippen LogP contribution in [-0.4, -0.2) is 40.8 Å². The second-order valence-corrected chi connectivity index (χ2v) is 5.32. The number of hydrogen-bond acceptors (Lipinski definition) is 4. The zero-order valence-electron chi connectivity index (χ0n) is 11.9. The van der Waals surface area contributed by atoms with Crippen LogP contribution in [0.4, 0.5) is 0 Å². The lowest BCUT2D eigenvalue weighted by molar-refractivity contribution is -0.145. The Morgan fingerprint density at radius 3 is 2.80 bits per heavy atom. The normalized spacial score (nSPS) is 17.5. The summed E-state index contributed by atoms with van der Waals surface area (Å²) in [5, 5.41) is 18.6. The van der Waals surface area contributed by atoms with Gasteiger partial charge in [-0.2, -0.15) is 0 Å². The van der Waals surface area contributed by atoms with Gasteiger partial charge in [-0.25, -0.2) is 0 Å². The van der Waals surface area contributed by atoms with E-state index in [-0.39, 0.29) is 17.6 Å². The highest BCUT2D eigenvalue weighted by molar-refractivity contribution is 5.70. The molecule has 1 aromatic rings. The van der Waals surface area contributed by atoms with Gasteiger partial charge in [0.15, 0.2) is 11.5 Å². The van der Waals surface area contributed by atoms with E-state index in [9.17, 15) is 9.90 Å². The molecule has 0 aliphatic carbocycles. The first-order valence-electron chi connectivity index (χ1n) is 6.91. The minimum atomic E-state index is -0.724. The molecule has 5 nitrogen and oxygen atoms in total. The Bertz CT molecular complexity index is 483. The SMILES string of the molecule is CCOc1cc(CN2CC(C(C)C(=O)O)C2)ccc1O. The molecule has 1 aromatic carbocycles. The summed E-state index contributed by atoms with van der Waals surface area (Å²) >= 11 is 0. The summed E-state index contributed by atoms with van der Waals surface area (Å²) in [6.45, 7) is 6.51. The van der Waals surface area contributed by atoms with Crippen LogP contribution in [0.1, 0.15) is 19.4 Å². The number of carboxylic acids is 1. The number of carbonyl (C=O) groups is 1. The molecule has 1 aliphatic rings. The minimum Gasteiger partial charge on any atom is -0.504 e. The molecule has 1 heterocycles. The van der Waals surface area contributed by atoms with Crippen LogP contribution >= 0.6 is 0 Å². The molecule has 0 bridgehead atoms. The molecule has 1 unspecified atom stereocenters. The largest absolute Gasteiger partial charge is 0.504 e. The van der Waals surface area contributed by atoms with Crippen LogP contribution in [0.5, 0.6) is 11.5 Å². The number of benzene rings is 1.